The highest BCUT2D eigenvalue weighted by Gasteiger charge is 2.39. The maximum Gasteiger partial charge on any atom is 0.0558 e. The Bertz CT molecular complexity index is 188. The second kappa shape index (κ2) is 4.17. The Morgan fingerprint density at radius 1 is 1.14 bits per heavy atom. The third-order valence-electron chi connectivity index (χ3n) is 3.98. The Labute approximate surface area is 86.7 Å². The molecule has 0 bridgehead atoms. The van der Waals surface area contributed by atoms with E-state index in [-0.39, 0.29) is 0 Å². The molecule has 2 heterocycles. The topological polar surface area (TPSA) is 26.7 Å². The van der Waals surface area contributed by atoms with E-state index in [2.05, 4.69) is 16.8 Å². The molecule has 0 aromatic rings. The van der Waals surface area contributed by atoms with Gasteiger partial charge in [0, 0.05) is 13.1 Å². The smallest absolute Gasteiger partial charge is 0.0558 e. The van der Waals surface area contributed by atoms with Gasteiger partial charge in [0.25, 0.3) is 0 Å². The van der Waals surface area contributed by atoms with Crippen molar-refractivity contribution >= 4 is 0 Å². The summed E-state index contributed by atoms with van der Waals surface area (Å²) in [6.07, 6.45) is 4.05. The number of likely N-dealkylation sites (tertiary alicyclic amines) is 2. The van der Waals surface area contributed by atoms with Gasteiger partial charge in [-0.25, -0.2) is 0 Å². The van der Waals surface area contributed by atoms with Crippen LogP contribution in [0.25, 0.3) is 0 Å². The van der Waals surface area contributed by atoms with Crippen LogP contribution in [0.4, 0.5) is 0 Å². The van der Waals surface area contributed by atoms with Crippen molar-refractivity contribution < 1.29 is 5.11 Å². The van der Waals surface area contributed by atoms with Crippen LogP contribution in [0.3, 0.4) is 0 Å². The summed E-state index contributed by atoms with van der Waals surface area (Å²) in [6.45, 7) is 6.12. The maximum absolute atomic E-state index is 8.91. The van der Waals surface area contributed by atoms with E-state index in [9.17, 15) is 0 Å². The number of aliphatic hydroxyl groups is 1. The molecule has 0 aliphatic carbocycles. The fraction of sp³-hybridized carbons (Fsp3) is 1.00. The molecule has 0 aromatic carbocycles. The number of rotatable bonds is 2. The molecule has 82 valence electrons. The molecule has 2 rings (SSSR count). The van der Waals surface area contributed by atoms with Gasteiger partial charge in [0.1, 0.15) is 0 Å². The van der Waals surface area contributed by atoms with Crippen LogP contribution in [-0.4, -0.2) is 61.3 Å². The van der Waals surface area contributed by atoms with Crippen molar-refractivity contribution in [2.24, 2.45) is 5.41 Å². The maximum atomic E-state index is 8.91. The summed E-state index contributed by atoms with van der Waals surface area (Å²) in [5.74, 6) is 0. The average Bonchev–Trinajstić information content (AvgIpc) is 2.56. The molecule has 2 saturated heterocycles. The van der Waals surface area contributed by atoms with Crippen molar-refractivity contribution in [1.82, 2.24) is 9.80 Å². The largest absolute Gasteiger partial charge is 0.395 e. The average molecular weight is 198 g/mol. The zero-order chi connectivity index (χ0) is 10.0. The van der Waals surface area contributed by atoms with Crippen molar-refractivity contribution in [3.8, 4) is 0 Å². The van der Waals surface area contributed by atoms with Crippen molar-refractivity contribution in [2.75, 3.05) is 46.4 Å². The van der Waals surface area contributed by atoms with Crippen molar-refractivity contribution in [3.05, 3.63) is 0 Å². The molecular formula is C11H22N2O. The number of aliphatic hydroxyl groups excluding tert-OH is 1. The van der Waals surface area contributed by atoms with Crippen LogP contribution < -0.4 is 0 Å². The van der Waals surface area contributed by atoms with Gasteiger partial charge < -0.3 is 14.9 Å². The number of piperidine rings is 1. The summed E-state index contributed by atoms with van der Waals surface area (Å²) in [5, 5.41) is 8.91. The molecule has 0 radical (unpaired) electrons. The molecular weight excluding hydrogens is 176 g/mol. The first-order chi connectivity index (χ1) is 6.74. The normalized spacial score (nSPS) is 28.7. The van der Waals surface area contributed by atoms with Gasteiger partial charge >= 0.3 is 0 Å². The third kappa shape index (κ3) is 2.10. The highest BCUT2D eigenvalue weighted by atomic mass is 16.3. The summed E-state index contributed by atoms with van der Waals surface area (Å²) < 4.78 is 0. The van der Waals surface area contributed by atoms with Gasteiger partial charge in [-0.1, -0.05) is 0 Å². The molecule has 0 unspecified atom stereocenters. The lowest BCUT2D eigenvalue weighted by Gasteiger charge is -2.37. The predicted molar refractivity (Wildman–Crippen MR) is 57.3 cm³/mol. The minimum Gasteiger partial charge on any atom is -0.395 e. The van der Waals surface area contributed by atoms with E-state index in [4.69, 9.17) is 5.11 Å². The number of hydrogen-bond donors (Lipinski definition) is 1. The molecule has 3 heteroatoms. The van der Waals surface area contributed by atoms with Crippen LogP contribution >= 0.6 is 0 Å². The summed E-state index contributed by atoms with van der Waals surface area (Å²) in [4.78, 5) is 4.85. The molecule has 1 N–H and O–H groups in total. The van der Waals surface area contributed by atoms with Gasteiger partial charge in [-0.05, 0) is 51.4 Å². The van der Waals surface area contributed by atoms with Gasteiger partial charge in [0.05, 0.1) is 6.61 Å². The minimum absolute atomic E-state index is 0.315. The number of β-amino-alcohol motifs (C(OH)–C–C–N with tert-alkyl or cyclic N) is 1. The molecule has 3 nitrogen and oxygen atoms in total. The van der Waals surface area contributed by atoms with Gasteiger partial charge in [-0.3, -0.25) is 0 Å². The first-order valence-corrected chi connectivity index (χ1v) is 5.76. The van der Waals surface area contributed by atoms with E-state index in [1.54, 1.807) is 0 Å². The zero-order valence-corrected chi connectivity index (χ0v) is 9.21. The molecule has 0 amide bonds. The second-order valence-corrected chi connectivity index (χ2v) is 5.05. The Kier molecular flexibility index (Phi) is 3.10. The molecule has 0 atom stereocenters. The minimum atomic E-state index is 0.315. The van der Waals surface area contributed by atoms with Crippen molar-refractivity contribution in [2.45, 2.75) is 19.3 Å². The molecule has 2 aliphatic heterocycles. The van der Waals surface area contributed by atoms with Crippen LogP contribution in [-0.2, 0) is 0 Å². The summed E-state index contributed by atoms with van der Waals surface area (Å²) in [7, 11) is 2.22. The van der Waals surface area contributed by atoms with Crippen molar-refractivity contribution in [1.29, 1.82) is 0 Å². The standard InChI is InChI=1S/C11H22N2O/c1-12-5-2-11(3-6-12)4-7-13(10-11)8-9-14/h14H,2-10H2,1H3. The lowest BCUT2D eigenvalue weighted by atomic mass is 9.78. The Morgan fingerprint density at radius 3 is 2.43 bits per heavy atom. The highest BCUT2D eigenvalue weighted by molar-refractivity contribution is 4.93. The third-order valence-corrected chi connectivity index (χ3v) is 3.98. The molecule has 1 spiro atoms. The van der Waals surface area contributed by atoms with E-state index >= 15 is 0 Å². The SMILES string of the molecule is CN1CCC2(CC1)CCN(CCO)C2. The van der Waals surface area contributed by atoms with Crippen LogP contribution in [0, 0.1) is 5.41 Å². The summed E-state index contributed by atoms with van der Waals surface area (Å²) in [5.41, 5.74) is 0.599. The Balaban J connectivity index is 1.86. The van der Waals surface area contributed by atoms with E-state index in [1.165, 1.54) is 45.4 Å². The predicted octanol–water partition coefficient (Wildman–Crippen LogP) is 0.396. The van der Waals surface area contributed by atoms with E-state index < -0.39 is 0 Å². The van der Waals surface area contributed by atoms with E-state index in [0.29, 0.717) is 12.0 Å². The van der Waals surface area contributed by atoms with E-state index in [1.807, 2.05) is 0 Å². The zero-order valence-electron chi connectivity index (χ0n) is 9.21. The molecule has 2 aliphatic rings. The molecule has 14 heavy (non-hydrogen) atoms. The van der Waals surface area contributed by atoms with Gasteiger partial charge in [-0.2, -0.15) is 0 Å². The monoisotopic (exact) mass is 198 g/mol. The Morgan fingerprint density at radius 2 is 1.79 bits per heavy atom. The quantitative estimate of drug-likeness (QED) is 0.695. The molecule has 0 aromatic heterocycles. The fourth-order valence-electron chi connectivity index (χ4n) is 2.86. The van der Waals surface area contributed by atoms with Crippen LogP contribution in [0.1, 0.15) is 19.3 Å². The van der Waals surface area contributed by atoms with Crippen molar-refractivity contribution in [3.63, 3.8) is 0 Å². The summed E-state index contributed by atoms with van der Waals surface area (Å²) >= 11 is 0. The first-order valence-electron chi connectivity index (χ1n) is 5.76. The van der Waals surface area contributed by atoms with Crippen LogP contribution in [0.5, 0.6) is 0 Å². The van der Waals surface area contributed by atoms with E-state index in [0.717, 1.165) is 6.54 Å². The number of hydrogen-bond acceptors (Lipinski definition) is 3. The first kappa shape index (κ1) is 10.4. The van der Waals surface area contributed by atoms with Gasteiger partial charge in [0.2, 0.25) is 0 Å². The number of nitrogens with zero attached hydrogens (tertiary/aromatic N) is 2. The fourth-order valence-corrected chi connectivity index (χ4v) is 2.86. The van der Waals surface area contributed by atoms with Crippen LogP contribution in [0.2, 0.25) is 0 Å². The summed E-state index contributed by atoms with van der Waals surface area (Å²) in [6, 6.07) is 0. The Hall–Kier alpha value is -0.120. The molecule has 0 saturated carbocycles. The lowest BCUT2D eigenvalue weighted by molar-refractivity contribution is 0.121. The molecule has 2 fully saturated rings. The highest BCUT2D eigenvalue weighted by Crippen LogP contribution is 2.39. The van der Waals surface area contributed by atoms with Gasteiger partial charge in [0.15, 0.2) is 0 Å². The van der Waals surface area contributed by atoms with Crippen LogP contribution in [0.15, 0.2) is 0 Å². The second-order valence-electron chi connectivity index (χ2n) is 5.05. The lowest BCUT2D eigenvalue weighted by Crippen LogP contribution is -2.40. The van der Waals surface area contributed by atoms with Gasteiger partial charge in [-0.15, -0.1) is 0 Å².